The van der Waals surface area contributed by atoms with Crippen LogP contribution in [0.4, 0.5) is 0 Å². The SMILES string of the molecule is CC(C)(C)c1[nH]nc2c1[C@H](c1cccc(OCc3ccccc3)c1)C(C#N)=C(N)O2. The summed E-state index contributed by atoms with van der Waals surface area (Å²) >= 11 is 0. The van der Waals surface area contributed by atoms with E-state index in [0.29, 0.717) is 18.1 Å². The molecule has 0 fully saturated rings. The number of ether oxygens (including phenoxy) is 2. The molecule has 152 valence electrons. The number of benzene rings is 2. The van der Waals surface area contributed by atoms with Crippen molar-refractivity contribution in [2.24, 2.45) is 5.73 Å². The zero-order chi connectivity index (χ0) is 21.3. The Balaban J connectivity index is 1.74. The van der Waals surface area contributed by atoms with Gasteiger partial charge >= 0.3 is 0 Å². The molecule has 2 heterocycles. The number of nitrogens with two attached hydrogens (primary N) is 1. The Morgan fingerprint density at radius 1 is 1.17 bits per heavy atom. The maximum Gasteiger partial charge on any atom is 0.244 e. The average molecular weight is 400 g/mol. The van der Waals surface area contributed by atoms with Crippen LogP contribution in [0.3, 0.4) is 0 Å². The van der Waals surface area contributed by atoms with Gasteiger partial charge in [0.2, 0.25) is 11.8 Å². The first-order valence-electron chi connectivity index (χ1n) is 9.81. The summed E-state index contributed by atoms with van der Waals surface area (Å²) < 4.78 is 11.7. The highest BCUT2D eigenvalue weighted by molar-refractivity contribution is 5.56. The van der Waals surface area contributed by atoms with Crippen LogP contribution in [-0.2, 0) is 12.0 Å². The summed E-state index contributed by atoms with van der Waals surface area (Å²) in [6, 6.07) is 20.0. The van der Waals surface area contributed by atoms with E-state index in [1.54, 1.807) is 0 Å². The quantitative estimate of drug-likeness (QED) is 0.672. The maximum atomic E-state index is 9.84. The van der Waals surface area contributed by atoms with E-state index in [2.05, 4.69) is 37.0 Å². The number of rotatable bonds is 4. The van der Waals surface area contributed by atoms with Gasteiger partial charge in [-0.05, 0) is 23.3 Å². The standard InChI is InChI=1S/C24H24N4O2/c1-24(2,3)21-20-19(18(13-25)22(26)30-23(20)28-27-21)16-10-7-11-17(12-16)29-14-15-8-5-4-6-9-15/h4-12,19H,14,26H2,1-3H3,(H,27,28)/t19-/m1/s1. The van der Waals surface area contributed by atoms with Crippen LogP contribution in [0.2, 0.25) is 0 Å². The summed E-state index contributed by atoms with van der Waals surface area (Å²) in [5.74, 6) is 0.836. The minimum atomic E-state index is -0.382. The van der Waals surface area contributed by atoms with Gasteiger partial charge in [-0.25, -0.2) is 0 Å². The van der Waals surface area contributed by atoms with E-state index in [1.807, 2.05) is 54.6 Å². The molecule has 1 aliphatic rings. The van der Waals surface area contributed by atoms with Crippen molar-refractivity contribution in [3.63, 3.8) is 0 Å². The summed E-state index contributed by atoms with van der Waals surface area (Å²) in [7, 11) is 0. The van der Waals surface area contributed by atoms with Crippen molar-refractivity contribution in [2.75, 3.05) is 0 Å². The zero-order valence-electron chi connectivity index (χ0n) is 17.3. The molecule has 1 atom stereocenters. The van der Waals surface area contributed by atoms with Crippen LogP contribution in [0.1, 0.15) is 49.1 Å². The molecule has 1 aromatic heterocycles. The largest absolute Gasteiger partial charge is 0.489 e. The number of nitriles is 1. The molecular weight excluding hydrogens is 376 g/mol. The molecule has 0 amide bonds. The van der Waals surface area contributed by atoms with Crippen LogP contribution in [0.25, 0.3) is 0 Å². The van der Waals surface area contributed by atoms with E-state index in [-0.39, 0.29) is 17.2 Å². The fraction of sp³-hybridized carbons (Fsp3) is 0.250. The number of allylic oxidation sites excluding steroid dienone is 1. The van der Waals surface area contributed by atoms with Crippen molar-refractivity contribution in [2.45, 2.75) is 38.7 Å². The lowest BCUT2D eigenvalue weighted by Gasteiger charge is -2.27. The van der Waals surface area contributed by atoms with Crippen molar-refractivity contribution in [1.29, 1.82) is 5.26 Å². The minimum Gasteiger partial charge on any atom is -0.489 e. The molecule has 3 aromatic rings. The van der Waals surface area contributed by atoms with Crippen molar-refractivity contribution in [1.82, 2.24) is 10.2 Å². The number of fused-ring (bicyclic) bond motifs is 1. The predicted octanol–water partition coefficient (Wildman–Crippen LogP) is 4.50. The van der Waals surface area contributed by atoms with Gasteiger partial charge in [-0.3, -0.25) is 5.10 Å². The molecule has 4 rings (SSSR count). The molecule has 0 saturated heterocycles. The molecule has 1 aliphatic heterocycles. The van der Waals surface area contributed by atoms with Gasteiger partial charge < -0.3 is 15.2 Å². The Labute approximate surface area is 175 Å². The molecule has 0 saturated carbocycles. The first-order valence-corrected chi connectivity index (χ1v) is 9.81. The Bertz CT molecular complexity index is 1130. The summed E-state index contributed by atoms with van der Waals surface area (Å²) in [5, 5.41) is 17.2. The summed E-state index contributed by atoms with van der Waals surface area (Å²) in [5.41, 5.74) is 9.97. The molecule has 2 aromatic carbocycles. The number of hydrogen-bond donors (Lipinski definition) is 2. The van der Waals surface area contributed by atoms with Crippen molar-refractivity contribution < 1.29 is 9.47 Å². The van der Waals surface area contributed by atoms with Gasteiger partial charge in [0.1, 0.15) is 24.0 Å². The minimum absolute atomic E-state index is 0.0811. The number of hydrogen-bond acceptors (Lipinski definition) is 5. The monoisotopic (exact) mass is 400 g/mol. The zero-order valence-corrected chi connectivity index (χ0v) is 17.3. The van der Waals surface area contributed by atoms with Gasteiger partial charge in [-0.15, -0.1) is 5.10 Å². The van der Waals surface area contributed by atoms with E-state index in [0.717, 1.165) is 28.1 Å². The number of aromatic amines is 1. The van der Waals surface area contributed by atoms with Gasteiger partial charge in [0.15, 0.2) is 0 Å². The lowest BCUT2D eigenvalue weighted by molar-refractivity contribution is 0.306. The van der Waals surface area contributed by atoms with Crippen LogP contribution in [0, 0.1) is 11.3 Å². The third-order valence-electron chi connectivity index (χ3n) is 5.13. The smallest absolute Gasteiger partial charge is 0.244 e. The van der Waals surface area contributed by atoms with Crippen LogP contribution < -0.4 is 15.2 Å². The molecule has 0 spiro atoms. The molecule has 6 heteroatoms. The average Bonchev–Trinajstić information content (AvgIpc) is 3.16. The molecular formula is C24H24N4O2. The van der Waals surface area contributed by atoms with E-state index >= 15 is 0 Å². The third-order valence-corrected chi connectivity index (χ3v) is 5.13. The Morgan fingerprint density at radius 3 is 2.63 bits per heavy atom. The molecule has 0 bridgehead atoms. The molecule has 3 N–H and O–H groups in total. The second-order valence-corrected chi connectivity index (χ2v) is 8.34. The first-order chi connectivity index (χ1) is 14.4. The van der Waals surface area contributed by atoms with Crippen molar-refractivity contribution >= 4 is 0 Å². The van der Waals surface area contributed by atoms with E-state index in [1.165, 1.54) is 0 Å². The third kappa shape index (κ3) is 3.62. The van der Waals surface area contributed by atoms with Crippen molar-refractivity contribution in [3.8, 4) is 17.7 Å². The van der Waals surface area contributed by atoms with E-state index in [4.69, 9.17) is 15.2 Å². The summed E-state index contributed by atoms with van der Waals surface area (Å²) in [6.45, 7) is 6.73. The van der Waals surface area contributed by atoms with Crippen LogP contribution >= 0.6 is 0 Å². The highest BCUT2D eigenvalue weighted by Gasteiger charge is 2.38. The van der Waals surface area contributed by atoms with Crippen LogP contribution in [0.5, 0.6) is 11.6 Å². The number of nitrogens with zero attached hydrogens (tertiary/aromatic N) is 2. The fourth-order valence-electron chi connectivity index (χ4n) is 3.67. The highest BCUT2D eigenvalue weighted by Crippen LogP contribution is 2.45. The van der Waals surface area contributed by atoms with Crippen LogP contribution in [-0.4, -0.2) is 10.2 Å². The van der Waals surface area contributed by atoms with E-state index in [9.17, 15) is 5.26 Å². The summed E-state index contributed by atoms with van der Waals surface area (Å²) in [6.07, 6.45) is 0. The highest BCUT2D eigenvalue weighted by atomic mass is 16.5. The van der Waals surface area contributed by atoms with Gasteiger partial charge in [-0.2, -0.15) is 5.26 Å². The lowest BCUT2D eigenvalue weighted by atomic mass is 9.79. The molecule has 30 heavy (non-hydrogen) atoms. The van der Waals surface area contributed by atoms with Gasteiger partial charge in [-0.1, -0.05) is 63.2 Å². The fourth-order valence-corrected chi connectivity index (χ4v) is 3.67. The molecule has 0 aliphatic carbocycles. The van der Waals surface area contributed by atoms with Gasteiger partial charge in [0.25, 0.3) is 0 Å². The second-order valence-electron chi connectivity index (χ2n) is 8.34. The number of nitrogens with one attached hydrogen (secondary N) is 1. The van der Waals surface area contributed by atoms with Crippen molar-refractivity contribution in [3.05, 3.63) is 88.4 Å². The first kappa shape index (κ1) is 19.6. The summed E-state index contributed by atoms with van der Waals surface area (Å²) in [4.78, 5) is 0. The van der Waals surface area contributed by atoms with E-state index < -0.39 is 0 Å². The lowest BCUT2D eigenvalue weighted by Crippen LogP contribution is -2.23. The number of H-pyrrole nitrogens is 1. The maximum absolute atomic E-state index is 9.84. The Kier molecular flexibility index (Phi) is 4.96. The van der Waals surface area contributed by atoms with Gasteiger partial charge in [0.05, 0.1) is 11.5 Å². The Morgan fingerprint density at radius 2 is 1.93 bits per heavy atom. The Hall–Kier alpha value is -3.72. The predicted molar refractivity (Wildman–Crippen MR) is 114 cm³/mol. The topological polar surface area (TPSA) is 97.0 Å². The number of aromatic nitrogens is 2. The molecule has 0 unspecified atom stereocenters. The van der Waals surface area contributed by atoms with Gasteiger partial charge in [0, 0.05) is 11.1 Å². The molecule has 0 radical (unpaired) electrons. The molecule has 6 nitrogen and oxygen atoms in total. The normalized spacial score (nSPS) is 15.9. The van der Waals surface area contributed by atoms with Crippen LogP contribution in [0.15, 0.2) is 66.1 Å². The second kappa shape index (κ2) is 7.60.